The van der Waals surface area contributed by atoms with Gasteiger partial charge in [0.1, 0.15) is 23.9 Å². The lowest BCUT2D eigenvalue weighted by atomic mass is 9.94. The quantitative estimate of drug-likeness (QED) is 0.135. The van der Waals surface area contributed by atoms with E-state index in [-0.39, 0.29) is 17.9 Å². The fraction of sp³-hybridized carbons (Fsp3) is 0.156. The van der Waals surface area contributed by atoms with E-state index in [1.165, 1.54) is 18.3 Å². The Labute approximate surface area is 231 Å². The number of ether oxygens (including phenoxy) is 2. The van der Waals surface area contributed by atoms with Crippen molar-refractivity contribution >= 4 is 23.4 Å². The molecule has 0 aliphatic carbocycles. The van der Waals surface area contributed by atoms with E-state index in [2.05, 4.69) is 0 Å². The number of esters is 1. The van der Waals surface area contributed by atoms with Gasteiger partial charge in [-0.15, -0.1) is 0 Å². The van der Waals surface area contributed by atoms with Gasteiger partial charge in [-0.1, -0.05) is 42.0 Å². The van der Waals surface area contributed by atoms with E-state index in [1.807, 2.05) is 31.2 Å². The summed E-state index contributed by atoms with van der Waals surface area (Å²) in [6.07, 6.45) is 1.48. The Morgan fingerprint density at radius 2 is 1.68 bits per heavy atom. The van der Waals surface area contributed by atoms with Crippen molar-refractivity contribution in [3.8, 4) is 5.75 Å². The molecule has 2 heterocycles. The number of hydrogen-bond donors (Lipinski definition) is 1. The van der Waals surface area contributed by atoms with Crippen LogP contribution in [0.2, 0.25) is 0 Å². The fourth-order valence-electron chi connectivity index (χ4n) is 4.71. The molecule has 1 fully saturated rings. The smallest absolute Gasteiger partial charge is 0.337 e. The second-order valence-electron chi connectivity index (χ2n) is 9.42. The van der Waals surface area contributed by atoms with Crippen LogP contribution in [-0.2, 0) is 27.5 Å². The molecule has 0 unspecified atom stereocenters. The lowest BCUT2D eigenvalue weighted by molar-refractivity contribution is -0.140. The molecule has 5 rings (SSSR count). The Bertz CT molecular complexity index is 1570. The van der Waals surface area contributed by atoms with Crippen LogP contribution in [0.1, 0.15) is 44.4 Å². The number of furan rings is 1. The third-order valence-electron chi connectivity index (χ3n) is 6.71. The molecule has 1 aromatic heterocycles. The number of nitrogens with zero attached hydrogens (tertiary/aromatic N) is 1. The number of amides is 1. The summed E-state index contributed by atoms with van der Waals surface area (Å²) >= 11 is 0. The molecule has 1 aliphatic rings. The Balaban J connectivity index is 1.47. The zero-order chi connectivity index (χ0) is 28.2. The van der Waals surface area contributed by atoms with E-state index in [1.54, 1.807) is 60.7 Å². The largest absolute Gasteiger partial charge is 0.507 e. The second-order valence-corrected chi connectivity index (χ2v) is 9.42. The number of rotatable bonds is 8. The number of carbonyl (C=O) groups excluding carboxylic acids is 3. The van der Waals surface area contributed by atoms with E-state index in [0.29, 0.717) is 34.8 Å². The summed E-state index contributed by atoms with van der Waals surface area (Å²) in [6, 6.07) is 23.5. The molecule has 0 radical (unpaired) electrons. The Hall–Kier alpha value is -5.11. The molecule has 1 saturated heterocycles. The number of hydrogen-bond acceptors (Lipinski definition) is 7. The SMILES string of the molecule is COC(=O)c1ccc([C@@H]2C(=C(O)c3ccc(OCc4cccc(C)c4)cc3)C(=O)C(=O)N2Cc2ccco2)cc1. The van der Waals surface area contributed by atoms with E-state index in [9.17, 15) is 19.5 Å². The molecule has 0 spiro atoms. The second kappa shape index (κ2) is 11.3. The number of ketones is 1. The monoisotopic (exact) mass is 537 g/mol. The lowest BCUT2D eigenvalue weighted by Crippen LogP contribution is -2.29. The van der Waals surface area contributed by atoms with Crippen molar-refractivity contribution < 1.29 is 33.4 Å². The standard InChI is InChI=1S/C32H27NO7/c1-20-5-3-6-21(17-20)19-40-25-14-12-23(13-15-25)29(34)27-28(22-8-10-24(11-9-22)32(37)38-2)33(31(36)30(27)35)18-26-7-4-16-39-26/h3-17,28,34H,18-19H2,1-2H3/t28-/m1/s1. The minimum atomic E-state index is -0.908. The average molecular weight is 538 g/mol. The molecule has 8 nitrogen and oxygen atoms in total. The Morgan fingerprint density at radius 1 is 0.950 bits per heavy atom. The van der Waals surface area contributed by atoms with Crippen molar-refractivity contribution in [2.24, 2.45) is 0 Å². The van der Waals surface area contributed by atoms with E-state index in [0.717, 1.165) is 11.1 Å². The van der Waals surface area contributed by atoms with Gasteiger partial charge >= 0.3 is 5.97 Å². The van der Waals surface area contributed by atoms with Crippen LogP contribution in [0.15, 0.2) is 101 Å². The predicted octanol–water partition coefficient (Wildman–Crippen LogP) is 5.58. The molecular formula is C32H27NO7. The van der Waals surface area contributed by atoms with Crippen LogP contribution in [0.3, 0.4) is 0 Å². The molecule has 0 saturated carbocycles. The van der Waals surface area contributed by atoms with Crippen LogP contribution in [0, 0.1) is 6.92 Å². The van der Waals surface area contributed by atoms with Crippen molar-refractivity contribution in [1.82, 2.24) is 4.90 Å². The molecule has 4 aromatic rings. The molecule has 0 bridgehead atoms. The topological polar surface area (TPSA) is 106 Å². The highest BCUT2D eigenvalue weighted by Crippen LogP contribution is 2.40. The van der Waals surface area contributed by atoms with E-state index in [4.69, 9.17) is 13.9 Å². The molecule has 3 aromatic carbocycles. The summed E-state index contributed by atoms with van der Waals surface area (Å²) in [7, 11) is 1.29. The summed E-state index contributed by atoms with van der Waals surface area (Å²) in [5.41, 5.74) is 3.32. The molecule has 1 aliphatic heterocycles. The van der Waals surface area contributed by atoms with Gasteiger partial charge in [0.2, 0.25) is 0 Å². The molecule has 1 N–H and O–H groups in total. The number of benzene rings is 3. The van der Waals surface area contributed by atoms with Gasteiger partial charge in [0.15, 0.2) is 0 Å². The maximum Gasteiger partial charge on any atom is 0.337 e. The third-order valence-corrected chi connectivity index (χ3v) is 6.71. The van der Waals surface area contributed by atoms with Crippen molar-refractivity contribution in [2.75, 3.05) is 7.11 Å². The van der Waals surface area contributed by atoms with Crippen molar-refractivity contribution in [1.29, 1.82) is 0 Å². The summed E-state index contributed by atoms with van der Waals surface area (Å²) in [5.74, 6) is -1.34. The predicted molar refractivity (Wildman–Crippen MR) is 146 cm³/mol. The maximum atomic E-state index is 13.3. The first kappa shape index (κ1) is 26.5. The van der Waals surface area contributed by atoms with Gasteiger partial charge in [-0.25, -0.2) is 4.79 Å². The van der Waals surface area contributed by atoms with Crippen molar-refractivity contribution in [2.45, 2.75) is 26.1 Å². The highest BCUT2D eigenvalue weighted by molar-refractivity contribution is 6.46. The van der Waals surface area contributed by atoms with Crippen LogP contribution in [0.5, 0.6) is 5.75 Å². The van der Waals surface area contributed by atoms with Gasteiger partial charge in [-0.3, -0.25) is 9.59 Å². The Kier molecular flexibility index (Phi) is 7.50. The maximum absolute atomic E-state index is 13.3. The number of methoxy groups -OCH3 is 1. The number of Topliss-reactive ketones (excluding diaryl/α,β-unsaturated/α-hetero) is 1. The summed E-state index contributed by atoms with van der Waals surface area (Å²) in [5, 5.41) is 11.3. The Morgan fingerprint density at radius 3 is 2.33 bits per heavy atom. The van der Waals surface area contributed by atoms with Crippen LogP contribution in [-0.4, -0.2) is 34.8 Å². The van der Waals surface area contributed by atoms with Gasteiger partial charge in [-0.05, 0) is 66.6 Å². The van der Waals surface area contributed by atoms with Gasteiger partial charge in [0.05, 0.1) is 37.1 Å². The molecule has 8 heteroatoms. The average Bonchev–Trinajstić information content (AvgIpc) is 3.58. The third kappa shape index (κ3) is 5.37. The van der Waals surface area contributed by atoms with Gasteiger partial charge in [0, 0.05) is 5.56 Å². The normalized spacial score (nSPS) is 16.2. The highest BCUT2D eigenvalue weighted by Gasteiger charge is 2.46. The number of aliphatic hydroxyl groups excluding tert-OH is 1. The first-order valence-corrected chi connectivity index (χ1v) is 12.6. The minimum absolute atomic E-state index is 0.0174. The molecule has 202 valence electrons. The van der Waals surface area contributed by atoms with Gasteiger partial charge in [0.25, 0.3) is 11.7 Å². The first-order valence-electron chi connectivity index (χ1n) is 12.6. The fourth-order valence-corrected chi connectivity index (χ4v) is 4.71. The lowest BCUT2D eigenvalue weighted by Gasteiger charge is -2.24. The molecule has 40 heavy (non-hydrogen) atoms. The van der Waals surface area contributed by atoms with Gasteiger partial charge < -0.3 is 23.9 Å². The number of aryl methyl sites for hydroxylation is 1. The molecular weight excluding hydrogens is 510 g/mol. The molecule has 1 atom stereocenters. The van der Waals surface area contributed by atoms with Crippen LogP contribution in [0.4, 0.5) is 0 Å². The highest BCUT2D eigenvalue weighted by atomic mass is 16.5. The van der Waals surface area contributed by atoms with E-state index >= 15 is 0 Å². The summed E-state index contributed by atoms with van der Waals surface area (Å²) < 4.78 is 16.1. The van der Waals surface area contributed by atoms with Crippen molar-refractivity contribution in [3.05, 3.63) is 130 Å². The van der Waals surface area contributed by atoms with E-state index < -0.39 is 23.7 Å². The molecule has 1 amide bonds. The zero-order valence-electron chi connectivity index (χ0n) is 22.0. The van der Waals surface area contributed by atoms with Gasteiger partial charge in [-0.2, -0.15) is 0 Å². The number of aliphatic hydroxyl groups is 1. The zero-order valence-corrected chi connectivity index (χ0v) is 22.0. The summed E-state index contributed by atoms with van der Waals surface area (Å²) in [4.78, 5) is 39.7. The first-order chi connectivity index (χ1) is 19.4. The van der Waals surface area contributed by atoms with Crippen molar-refractivity contribution in [3.63, 3.8) is 0 Å². The van der Waals surface area contributed by atoms with Crippen LogP contribution in [0.25, 0.3) is 5.76 Å². The number of likely N-dealkylation sites (tertiary alicyclic amines) is 1. The number of carbonyl (C=O) groups is 3. The van der Waals surface area contributed by atoms with Crippen LogP contribution >= 0.6 is 0 Å². The minimum Gasteiger partial charge on any atom is -0.507 e. The summed E-state index contributed by atoms with van der Waals surface area (Å²) in [6.45, 7) is 2.41. The van der Waals surface area contributed by atoms with Crippen LogP contribution < -0.4 is 4.74 Å².